The van der Waals surface area contributed by atoms with Crippen molar-refractivity contribution in [3.8, 4) is 0 Å². The number of amides is 1. The van der Waals surface area contributed by atoms with Crippen molar-refractivity contribution < 1.29 is 13.6 Å². The first-order valence-electron chi connectivity index (χ1n) is 7.52. The molecule has 1 saturated heterocycles. The monoisotopic (exact) mass is 296 g/mol. The Hall–Kier alpha value is -1.49. The van der Waals surface area contributed by atoms with E-state index < -0.39 is 11.6 Å². The van der Waals surface area contributed by atoms with Gasteiger partial charge in [0.1, 0.15) is 6.17 Å². The standard InChI is InChI=1S/C16H22F2N2O/c1-4-6-10(3)20-15(19-14(5-2)16(20)21)11-7-8-12(17)13(18)9-11/h7-10,14-15,19H,4-6H2,1-3H3. The van der Waals surface area contributed by atoms with Crippen molar-refractivity contribution in [2.45, 2.75) is 58.3 Å². The van der Waals surface area contributed by atoms with Gasteiger partial charge < -0.3 is 4.90 Å². The molecule has 1 aromatic carbocycles. The summed E-state index contributed by atoms with van der Waals surface area (Å²) in [7, 11) is 0. The molecule has 0 aromatic heterocycles. The Morgan fingerprint density at radius 3 is 2.57 bits per heavy atom. The molecule has 0 bridgehead atoms. The summed E-state index contributed by atoms with van der Waals surface area (Å²) in [4.78, 5) is 14.3. The average molecular weight is 296 g/mol. The third-order valence-electron chi connectivity index (χ3n) is 4.04. The number of carbonyl (C=O) groups excluding carboxylic acids is 1. The van der Waals surface area contributed by atoms with Crippen LogP contribution in [-0.2, 0) is 4.79 Å². The van der Waals surface area contributed by atoms with Crippen LogP contribution in [0.5, 0.6) is 0 Å². The minimum Gasteiger partial charge on any atom is -0.319 e. The Labute approximate surface area is 124 Å². The number of carbonyl (C=O) groups is 1. The van der Waals surface area contributed by atoms with E-state index in [1.165, 1.54) is 12.1 Å². The fourth-order valence-electron chi connectivity index (χ4n) is 2.91. The molecule has 5 heteroatoms. The Morgan fingerprint density at radius 2 is 2.00 bits per heavy atom. The lowest BCUT2D eigenvalue weighted by atomic mass is 10.1. The summed E-state index contributed by atoms with van der Waals surface area (Å²) in [6.07, 6.45) is 2.13. The van der Waals surface area contributed by atoms with Crippen molar-refractivity contribution in [1.29, 1.82) is 0 Å². The maximum absolute atomic E-state index is 13.5. The summed E-state index contributed by atoms with van der Waals surface area (Å²) in [5, 5.41) is 3.23. The second-order valence-corrected chi connectivity index (χ2v) is 5.59. The molecule has 1 N–H and O–H groups in total. The zero-order chi connectivity index (χ0) is 15.6. The van der Waals surface area contributed by atoms with Gasteiger partial charge in [-0.1, -0.05) is 26.3 Å². The van der Waals surface area contributed by atoms with Gasteiger partial charge in [-0.3, -0.25) is 10.1 Å². The fraction of sp³-hybridized carbons (Fsp3) is 0.562. The van der Waals surface area contributed by atoms with Crippen LogP contribution in [0.2, 0.25) is 0 Å². The first-order chi connectivity index (χ1) is 9.99. The van der Waals surface area contributed by atoms with Crippen LogP contribution in [0, 0.1) is 11.6 Å². The molecule has 1 aliphatic rings. The highest BCUT2D eigenvalue weighted by Crippen LogP contribution is 2.30. The molecule has 1 heterocycles. The van der Waals surface area contributed by atoms with Crippen molar-refractivity contribution >= 4 is 5.91 Å². The van der Waals surface area contributed by atoms with E-state index in [0.717, 1.165) is 18.9 Å². The smallest absolute Gasteiger partial charge is 0.241 e. The molecule has 0 radical (unpaired) electrons. The number of benzene rings is 1. The number of hydrogen-bond acceptors (Lipinski definition) is 2. The zero-order valence-electron chi connectivity index (χ0n) is 12.7. The fourth-order valence-corrected chi connectivity index (χ4v) is 2.91. The Morgan fingerprint density at radius 1 is 1.29 bits per heavy atom. The normalized spacial score (nSPS) is 23.7. The molecule has 1 aliphatic heterocycles. The number of hydrogen-bond donors (Lipinski definition) is 1. The highest BCUT2D eigenvalue weighted by atomic mass is 19.2. The number of rotatable bonds is 5. The predicted octanol–water partition coefficient (Wildman–Crippen LogP) is 3.36. The first-order valence-corrected chi connectivity index (χ1v) is 7.52. The van der Waals surface area contributed by atoms with E-state index in [0.29, 0.717) is 12.0 Å². The number of nitrogens with zero attached hydrogens (tertiary/aromatic N) is 1. The van der Waals surface area contributed by atoms with Crippen LogP contribution in [0.25, 0.3) is 0 Å². The van der Waals surface area contributed by atoms with Crippen LogP contribution in [0.1, 0.15) is 51.8 Å². The molecule has 1 fully saturated rings. The maximum atomic E-state index is 13.5. The summed E-state index contributed by atoms with van der Waals surface area (Å²) in [6, 6.07) is 3.61. The van der Waals surface area contributed by atoms with E-state index in [1.807, 2.05) is 13.8 Å². The van der Waals surface area contributed by atoms with Crippen molar-refractivity contribution in [3.05, 3.63) is 35.4 Å². The third-order valence-corrected chi connectivity index (χ3v) is 4.04. The molecule has 1 amide bonds. The Kier molecular flexibility index (Phi) is 4.93. The van der Waals surface area contributed by atoms with Gasteiger partial charge in [-0.2, -0.15) is 0 Å². The Balaban J connectivity index is 2.33. The van der Waals surface area contributed by atoms with E-state index >= 15 is 0 Å². The van der Waals surface area contributed by atoms with Gasteiger partial charge in [0, 0.05) is 6.04 Å². The molecule has 116 valence electrons. The summed E-state index contributed by atoms with van der Waals surface area (Å²) < 4.78 is 26.6. The van der Waals surface area contributed by atoms with Crippen LogP contribution in [0.15, 0.2) is 18.2 Å². The lowest BCUT2D eigenvalue weighted by molar-refractivity contribution is -0.132. The third kappa shape index (κ3) is 3.07. The molecular formula is C16H22F2N2O. The second kappa shape index (κ2) is 6.52. The van der Waals surface area contributed by atoms with E-state index in [2.05, 4.69) is 12.2 Å². The van der Waals surface area contributed by atoms with Crippen molar-refractivity contribution in [2.24, 2.45) is 0 Å². The van der Waals surface area contributed by atoms with Gasteiger partial charge in [0.2, 0.25) is 5.91 Å². The van der Waals surface area contributed by atoms with Crippen LogP contribution < -0.4 is 5.32 Å². The van der Waals surface area contributed by atoms with Crippen LogP contribution in [0.3, 0.4) is 0 Å². The highest BCUT2D eigenvalue weighted by molar-refractivity contribution is 5.84. The molecule has 0 spiro atoms. The minimum atomic E-state index is -0.884. The Bertz CT molecular complexity index is 521. The van der Waals surface area contributed by atoms with E-state index in [1.54, 1.807) is 4.90 Å². The van der Waals surface area contributed by atoms with Gasteiger partial charge in [0.15, 0.2) is 11.6 Å². The van der Waals surface area contributed by atoms with Gasteiger partial charge >= 0.3 is 0 Å². The molecule has 2 rings (SSSR count). The first kappa shape index (κ1) is 15.9. The highest BCUT2D eigenvalue weighted by Gasteiger charge is 2.40. The van der Waals surface area contributed by atoms with Gasteiger partial charge in [0.05, 0.1) is 6.04 Å². The molecule has 3 nitrogen and oxygen atoms in total. The molecule has 3 atom stereocenters. The summed E-state index contributed by atoms with van der Waals surface area (Å²) in [5.74, 6) is -1.72. The van der Waals surface area contributed by atoms with Gasteiger partial charge in [0.25, 0.3) is 0 Å². The predicted molar refractivity (Wildman–Crippen MR) is 77.5 cm³/mol. The minimum absolute atomic E-state index is 0.0354. The lowest BCUT2D eigenvalue weighted by Gasteiger charge is -2.30. The van der Waals surface area contributed by atoms with E-state index in [9.17, 15) is 13.6 Å². The molecule has 3 unspecified atom stereocenters. The average Bonchev–Trinajstić information content (AvgIpc) is 2.79. The second-order valence-electron chi connectivity index (χ2n) is 5.59. The summed E-state index contributed by atoms with van der Waals surface area (Å²) in [5.41, 5.74) is 0.584. The van der Waals surface area contributed by atoms with Crippen molar-refractivity contribution in [2.75, 3.05) is 0 Å². The van der Waals surface area contributed by atoms with Crippen LogP contribution >= 0.6 is 0 Å². The largest absolute Gasteiger partial charge is 0.319 e. The molecule has 21 heavy (non-hydrogen) atoms. The quantitative estimate of drug-likeness (QED) is 0.903. The van der Waals surface area contributed by atoms with Gasteiger partial charge in [-0.05, 0) is 37.5 Å². The maximum Gasteiger partial charge on any atom is 0.241 e. The molecule has 1 aromatic rings. The molecule has 0 saturated carbocycles. The van der Waals surface area contributed by atoms with Gasteiger partial charge in [-0.15, -0.1) is 0 Å². The molecular weight excluding hydrogens is 274 g/mol. The lowest BCUT2D eigenvalue weighted by Crippen LogP contribution is -2.38. The van der Waals surface area contributed by atoms with Crippen molar-refractivity contribution in [1.82, 2.24) is 10.2 Å². The number of halogens is 2. The van der Waals surface area contributed by atoms with Crippen molar-refractivity contribution in [3.63, 3.8) is 0 Å². The number of nitrogens with one attached hydrogen (secondary N) is 1. The zero-order valence-corrected chi connectivity index (χ0v) is 12.7. The van der Waals surface area contributed by atoms with Gasteiger partial charge in [-0.25, -0.2) is 8.78 Å². The van der Waals surface area contributed by atoms with E-state index in [-0.39, 0.29) is 24.2 Å². The SMILES string of the molecule is CCCC(C)N1C(=O)C(CC)NC1c1ccc(F)c(F)c1. The van der Waals surface area contributed by atoms with Crippen LogP contribution in [-0.4, -0.2) is 22.9 Å². The van der Waals surface area contributed by atoms with Crippen LogP contribution in [0.4, 0.5) is 8.78 Å². The topological polar surface area (TPSA) is 32.3 Å². The summed E-state index contributed by atoms with van der Waals surface area (Å²) >= 11 is 0. The van der Waals surface area contributed by atoms with E-state index in [4.69, 9.17) is 0 Å². The molecule has 0 aliphatic carbocycles. The summed E-state index contributed by atoms with van der Waals surface area (Å²) in [6.45, 7) is 5.99.